The van der Waals surface area contributed by atoms with Crippen molar-refractivity contribution in [3.63, 3.8) is 0 Å². The predicted octanol–water partition coefficient (Wildman–Crippen LogP) is 5.25. The molecular weight excluding hydrogens is 230 g/mol. The molecule has 0 aromatic carbocycles. The van der Waals surface area contributed by atoms with Gasteiger partial charge in [-0.2, -0.15) is 0 Å². The lowest BCUT2D eigenvalue weighted by Gasteiger charge is -2.43. The maximum atomic E-state index is 2.78. The highest BCUT2D eigenvalue weighted by Crippen LogP contribution is 2.35. The number of rotatable bonds is 9. The smallest absolute Gasteiger partial charge is 0.0100 e. The van der Waals surface area contributed by atoms with Gasteiger partial charge in [0.05, 0.1) is 0 Å². The van der Waals surface area contributed by atoms with Crippen molar-refractivity contribution in [3.8, 4) is 0 Å². The third-order valence-electron chi connectivity index (χ3n) is 5.63. The standard InChI is InChI=1S/C18H35N/c1-3-5-9-17-14-18(15-17)19(4-2)13-8-12-16-10-6-7-11-16/h16-18H,3-15H2,1-2H3. The lowest BCUT2D eigenvalue weighted by molar-refractivity contribution is 0.0746. The SMILES string of the molecule is CCCCC1CC(N(CC)CCCC2CCCC2)C1. The van der Waals surface area contributed by atoms with E-state index in [1.54, 1.807) is 0 Å². The summed E-state index contributed by atoms with van der Waals surface area (Å²) in [6, 6.07) is 0.940. The maximum absolute atomic E-state index is 2.78. The van der Waals surface area contributed by atoms with Crippen molar-refractivity contribution in [2.75, 3.05) is 13.1 Å². The molecule has 112 valence electrons. The van der Waals surface area contributed by atoms with Crippen LogP contribution in [-0.2, 0) is 0 Å². The third kappa shape index (κ3) is 4.77. The molecule has 2 aliphatic carbocycles. The van der Waals surface area contributed by atoms with Gasteiger partial charge in [0.25, 0.3) is 0 Å². The van der Waals surface area contributed by atoms with Gasteiger partial charge in [-0.3, -0.25) is 0 Å². The van der Waals surface area contributed by atoms with Gasteiger partial charge in [0, 0.05) is 6.04 Å². The van der Waals surface area contributed by atoms with Gasteiger partial charge in [-0.05, 0) is 50.6 Å². The maximum Gasteiger partial charge on any atom is 0.0100 e. The largest absolute Gasteiger partial charge is 0.301 e. The van der Waals surface area contributed by atoms with Gasteiger partial charge in [-0.15, -0.1) is 0 Å². The van der Waals surface area contributed by atoms with Crippen LogP contribution in [0.5, 0.6) is 0 Å². The van der Waals surface area contributed by atoms with Gasteiger partial charge in [-0.1, -0.05) is 58.8 Å². The normalized spacial score (nSPS) is 27.9. The van der Waals surface area contributed by atoms with Gasteiger partial charge >= 0.3 is 0 Å². The van der Waals surface area contributed by atoms with E-state index >= 15 is 0 Å². The van der Waals surface area contributed by atoms with E-state index in [4.69, 9.17) is 0 Å². The summed E-state index contributed by atoms with van der Waals surface area (Å²) in [5.41, 5.74) is 0. The van der Waals surface area contributed by atoms with E-state index < -0.39 is 0 Å². The molecule has 0 aromatic rings. The van der Waals surface area contributed by atoms with E-state index in [0.29, 0.717) is 0 Å². The first-order valence-corrected chi connectivity index (χ1v) is 9.07. The van der Waals surface area contributed by atoms with Crippen molar-refractivity contribution >= 4 is 0 Å². The average molecular weight is 265 g/mol. The Balaban J connectivity index is 1.56. The Bertz CT molecular complexity index is 226. The van der Waals surface area contributed by atoms with Crippen molar-refractivity contribution in [1.29, 1.82) is 0 Å². The molecular formula is C18H35N. The molecule has 0 radical (unpaired) electrons. The second-order valence-electron chi connectivity index (χ2n) is 7.05. The molecule has 19 heavy (non-hydrogen) atoms. The first kappa shape index (κ1) is 15.4. The fourth-order valence-corrected chi connectivity index (χ4v) is 4.21. The highest BCUT2D eigenvalue weighted by atomic mass is 15.2. The van der Waals surface area contributed by atoms with Crippen LogP contribution in [-0.4, -0.2) is 24.0 Å². The zero-order valence-corrected chi connectivity index (χ0v) is 13.4. The summed E-state index contributed by atoms with van der Waals surface area (Å²) in [4.78, 5) is 2.78. The molecule has 1 nitrogen and oxygen atoms in total. The van der Waals surface area contributed by atoms with Crippen molar-refractivity contribution in [1.82, 2.24) is 4.90 Å². The van der Waals surface area contributed by atoms with Crippen LogP contribution in [0.1, 0.15) is 84.5 Å². The van der Waals surface area contributed by atoms with E-state index in [-0.39, 0.29) is 0 Å². The summed E-state index contributed by atoms with van der Waals surface area (Å²) < 4.78 is 0. The Kier molecular flexibility index (Phi) is 6.70. The van der Waals surface area contributed by atoms with Crippen LogP contribution >= 0.6 is 0 Å². The van der Waals surface area contributed by atoms with Crippen LogP contribution in [0.2, 0.25) is 0 Å². The zero-order chi connectivity index (χ0) is 13.5. The molecule has 2 saturated carbocycles. The molecule has 0 bridgehead atoms. The minimum atomic E-state index is 0.940. The molecule has 1 heteroatoms. The predicted molar refractivity (Wildman–Crippen MR) is 84.5 cm³/mol. The molecule has 0 heterocycles. The topological polar surface area (TPSA) is 3.24 Å². The zero-order valence-electron chi connectivity index (χ0n) is 13.4. The minimum absolute atomic E-state index is 0.940. The minimum Gasteiger partial charge on any atom is -0.301 e. The lowest BCUT2D eigenvalue weighted by atomic mass is 9.76. The van der Waals surface area contributed by atoms with Crippen LogP contribution in [0, 0.1) is 11.8 Å². The summed E-state index contributed by atoms with van der Waals surface area (Å²) in [7, 11) is 0. The van der Waals surface area contributed by atoms with E-state index in [9.17, 15) is 0 Å². The van der Waals surface area contributed by atoms with Gasteiger partial charge in [0.2, 0.25) is 0 Å². The van der Waals surface area contributed by atoms with E-state index in [2.05, 4.69) is 18.7 Å². The lowest BCUT2D eigenvalue weighted by Crippen LogP contribution is -2.45. The molecule has 0 saturated heterocycles. The van der Waals surface area contributed by atoms with Crippen LogP contribution in [0.3, 0.4) is 0 Å². The average Bonchev–Trinajstić information content (AvgIpc) is 2.87. The Hall–Kier alpha value is -0.0400. The van der Waals surface area contributed by atoms with Gasteiger partial charge in [0.15, 0.2) is 0 Å². The summed E-state index contributed by atoms with van der Waals surface area (Å²) in [5, 5.41) is 0. The monoisotopic (exact) mass is 265 g/mol. The fraction of sp³-hybridized carbons (Fsp3) is 1.00. The summed E-state index contributed by atoms with van der Waals surface area (Å²) in [6.45, 7) is 7.32. The molecule has 0 unspecified atom stereocenters. The van der Waals surface area contributed by atoms with E-state index in [0.717, 1.165) is 17.9 Å². The molecule has 2 aliphatic rings. The van der Waals surface area contributed by atoms with Crippen molar-refractivity contribution in [3.05, 3.63) is 0 Å². The van der Waals surface area contributed by atoms with Crippen molar-refractivity contribution in [2.24, 2.45) is 11.8 Å². The van der Waals surface area contributed by atoms with E-state index in [1.807, 2.05) is 0 Å². The highest BCUT2D eigenvalue weighted by molar-refractivity contribution is 4.86. The van der Waals surface area contributed by atoms with Crippen LogP contribution < -0.4 is 0 Å². The molecule has 0 spiro atoms. The van der Waals surface area contributed by atoms with Crippen molar-refractivity contribution in [2.45, 2.75) is 90.5 Å². The first-order chi connectivity index (χ1) is 9.33. The Morgan fingerprint density at radius 2 is 1.58 bits per heavy atom. The molecule has 2 fully saturated rings. The number of hydrogen-bond donors (Lipinski definition) is 0. The molecule has 0 aromatic heterocycles. The molecule has 0 N–H and O–H groups in total. The van der Waals surface area contributed by atoms with Gasteiger partial charge in [0.1, 0.15) is 0 Å². The Labute approximate surface area is 121 Å². The highest BCUT2D eigenvalue weighted by Gasteiger charge is 2.32. The fourth-order valence-electron chi connectivity index (χ4n) is 4.21. The van der Waals surface area contributed by atoms with Crippen LogP contribution in [0.4, 0.5) is 0 Å². The summed E-state index contributed by atoms with van der Waals surface area (Å²) in [6.07, 6.45) is 16.3. The van der Waals surface area contributed by atoms with Crippen LogP contribution in [0.25, 0.3) is 0 Å². The summed E-state index contributed by atoms with van der Waals surface area (Å²) >= 11 is 0. The second-order valence-corrected chi connectivity index (χ2v) is 7.05. The van der Waals surface area contributed by atoms with Crippen LogP contribution in [0.15, 0.2) is 0 Å². The van der Waals surface area contributed by atoms with Gasteiger partial charge < -0.3 is 4.90 Å². The molecule has 0 atom stereocenters. The Morgan fingerprint density at radius 1 is 0.895 bits per heavy atom. The second kappa shape index (κ2) is 8.29. The molecule has 0 aliphatic heterocycles. The quantitative estimate of drug-likeness (QED) is 0.550. The first-order valence-electron chi connectivity index (χ1n) is 9.07. The Morgan fingerprint density at radius 3 is 2.21 bits per heavy atom. The van der Waals surface area contributed by atoms with Gasteiger partial charge in [-0.25, -0.2) is 0 Å². The number of nitrogens with zero attached hydrogens (tertiary/aromatic N) is 1. The number of hydrogen-bond acceptors (Lipinski definition) is 1. The van der Waals surface area contributed by atoms with E-state index in [1.165, 1.54) is 83.7 Å². The molecule has 2 rings (SSSR count). The third-order valence-corrected chi connectivity index (χ3v) is 5.63. The number of unbranched alkanes of at least 4 members (excludes halogenated alkanes) is 1. The summed E-state index contributed by atoms with van der Waals surface area (Å²) in [5.74, 6) is 2.14. The molecule has 0 amide bonds. The van der Waals surface area contributed by atoms with Crippen molar-refractivity contribution < 1.29 is 0 Å².